The van der Waals surface area contributed by atoms with Gasteiger partial charge in [-0.3, -0.25) is 0 Å². The van der Waals surface area contributed by atoms with E-state index >= 15 is 0 Å². The second kappa shape index (κ2) is 7.01. The van der Waals surface area contributed by atoms with Gasteiger partial charge >= 0.3 is 5.97 Å². The van der Waals surface area contributed by atoms with Crippen molar-refractivity contribution >= 4 is 22.7 Å². The molecule has 1 aromatic heterocycles. The molecule has 1 unspecified atom stereocenters. The number of aliphatic hydroxyl groups is 1. The molecule has 2 aromatic rings. The Kier molecular flexibility index (Phi) is 5.08. The van der Waals surface area contributed by atoms with Crippen LogP contribution in [0.15, 0.2) is 30.3 Å². The zero-order chi connectivity index (χ0) is 15.2. The molecule has 0 saturated heterocycles. The largest absolute Gasteiger partial charge is 0.478 e. The summed E-state index contributed by atoms with van der Waals surface area (Å²) in [6.45, 7) is 0.338. The predicted octanol–water partition coefficient (Wildman–Crippen LogP) is 1.74. The maximum absolute atomic E-state index is 11.4. The number of benzene rings is 1. The number of nitrogens with one attached hydrogen (secondary N) is 1. The molecule has 0 fully saturated rings. The molecule has 1 atom stereocenters. The fourth-order valence-electron chi connectivity index (χ4n) is 2.14. The zero-order valence-corrected chi connectivity index (χ0v) is 11.7. The van der Waals surface area contributed by atoms with E-state index in [0.29, 0.717) is 18.5 Å². The van der Waals surface area contributed by atoms with Gasteiger partial charge in [0.05, 0.1) is 18.2 Å². The summed E-state index contributed by atoms with van der Waals surface area (Å²) in [5.74, 6) is -0.757. The highest BCUT2D eigenvalue weighted by molar-refractivity contribution is 5.98. The van der Waals surface area contributed by atoms with Gasteiger partial charge < -0.3 is 20.3 Å². The van der Waals surface area contributed by atoms with Crippen LogP contribution in [0.3, 0.4) is 0 Å². The number of carboxylic acid groups (broad SMARTS) is 1. The number of hydrogen-bond donors (Lipinski definition) is 3. The van der Waals surface area contributed by atoms with Crippen LogP contribution in [0.2, 0.25) is 0 Å². The highest BCUT2D eigenvalue weighted by atomic mass is 16.5. The van der Waals surface area contributed by atoms with Crippen LogP contribution in [0, 0.1) is 0 Å². The normalized spacial score (nSPS) is 12.3. The lowest BCUT2D eigenvalue weighted by molar-refractivity contribution is 0.0697. The Bertz CT molecular complexity index is 624. The van der Waals surface area contributed by atoms with E-state index in [9.17, 15) is 9.90 Å². The summed E-state index contributed by atoms with van der Waals surface area (Å²) in [6, 6.07) is 8.71. The van der Waals surface area contributed by atoms with E-state index in [4.69, 9.17) is 9.84 Å². The summed E-state index contributed by atoms with van der Waals surface area (Å²) >= 11 is 0. The lowest BCUT2D eigenvalue weighted by Gasteiger charge is -2.19. The van der Waals surface area contributed by atoms with Crippen molar-refractivity contribution in [3.05, 3.63) is 35.9 Å². The molecule has 21 heavy (non-hydrogen) atoms. The van der Waals surface area contributed by atoms with E-state index in [0.717, 1.165) is 5.39 Å². The Morgan fingerprint density at radius 3 is 2.86 bits per heavy atom. The van der Waals surface area contributed by atoms with E-state index in [-0.39, 0.29) is 24.0 Å². The molecule has 2 rings (SSSR count). The number of rotatable bonds is 7. The molecule has 6 heteroatoms. The fourth-order valence-corrected chi connectivity index (χ4v) is 2.14. The first-order valence-electron chi connectivity index (χ1n) is 6.65. The van der Waals surface area contributed by atoms with E-state index in [1.807, 2.05) is 24.3 Å². The third kappa shape index (κ3) is 3.68. The van der Waals surface area contributed by atoms with Crippen molar-refractivity contribution in [2.45, 2.75) is 12.5 Å². The number of para-hydroxylation sites is 1. The molecule has 112 valence electrons. The second-order valence-electron chi connectivity index (χ2n) is 4.69. The van der Waals surface area contributed by atoms with Gasteiger partial charge in [-0.15, -0.1) is 0 Å². The summed E-state index contributed by atoms with van der Waals surface area (Å²) in [7, 11) is 1.55. The lowest BCUT2D eigenvalue weighted by atomic mass is 10.1. The third-order valence-corrected chi connectivity index (χ3v) is 3.14. The monoisotopic (exact) mass is 290 g/mol. The van der Waals surface area contributed by atoms with Crippen LogP contribution in [-0.4, -0.2) is 47.5 Å². The number of aromatic nitrogens is 1. The van der Waals surface area contributed by atoms with Crippen LogP contribution in [0.1, 0.15) is 16.8 Å². The van der Waals surface area contributed by atoms with Gasteiger partial charge in [0.1, 0.15) is 11.4 Å². The smallest absolute Gasteiger partial charge is 0.339 e. The van der Waals surface area contributed by atoms with Crippen molar-refractivity contribution in [1.29, 1.82) is 0 Å². The first-order valence-corrected chi connectivity index (χ1v) is 6.65. The quantitative estimate of drug-likeness (QED) is 0.719. The summed E-state index contributed by atoms with van der Waals surface area (Å²) in [5, 5.41) is 22.2. The highest BCUT2D eigenvalue weighted by Gasteiger charge is 2.17. The van der Waals surface area contributed by atoms with E-state index in [1.54, 1.807) is 13.2 Å². The standard InChI is InChI=1S/C15H18N2O4/c1-21-9-11(6-7-18)16-14-12(15(19)20)8-10-4-2-3-5-13(10)17-14/h2-5,8,11,18H,6-7,9H2,1H3,(H,16,17)(H,19,20). The Labute approximate surface area is 122 Å². The van der Waals surface area contributed by atoms with E-state index in [1.165, 1.54) is 0 Å². The van der Waals surface area contributed by atoms with Crippen LogP contribution in [0.4, 0.5) is 5.82 Å². The van der Waals surface area contributed by atoms with Crippen molar-refractivity contribution in [3.8, 4) is 0 Å². The summed E-state index contributed by atoms with van der Waals surface area (Å²) in [6.07, 6.45) is 0.446. The maximum atomic E-state index is 11.4. The van der Waals surface area contributed by atoms with Gasteiger partial charge in [-0.1, -0.05) is 18.2 Å². The van der Waals surface area contributed by atoms with Gasteiger partial charge in [0.15, 0.2) is 0 Å². The molecule has 0 radical (unpaired) electrons. The van der Waals surface area contributed by atoms with Crippen molar-refractivity contribution < 1.29 is 19.7 Å². The SMILES string of the molecule is COCC(CCO)Nc1nc2ccccc2cc1C(=O)O. The summed E-state index contributed by atoms with van der Waals surface area (Å²) in [4.78, 5) is 15.8. The second-order valence-corrected chi connectivity index (χ2v) is 4.69. The maximum Gasteiger partial charge on any atom is 0.339 e. The van der Waals surface area contributed by atoms with E-state index < -0.39 is 5.97 Å². The molecular weight excluding hydrogens is 272 g/mol. The zero-order valence-electron chi connectivity index (χ0n) is 11.7. The van der Waals surface area contributed by atoms with Crippen molar-refractivity contribution in [2.75, 3.05) is 25.6 Å². The van der Waals surface area contributed by atoms with Crippen molar-refractivity contribution in [2.24, 2.45) is 0 Å². The molecule has 6 nitrogen and oxygen atoms in total. The average Bonchev–Trinajstić information content (AvgIpc) is 2.47. The molecule has 1 heterocycles. The van der Waals surface area contributed by atoms with Crippen molar-refractivity contribution in [3.63, 3.8) is 0 Å². The minimum atomic E-state index is -1.05. The summed E-state index contributed by atoms with van der Waals surface area (Å²) < 4.78 is 5.07. The number of methoxy groups -OCH3 is 1. The van der Waals surface area contributed by atoms with Crippen LogP contribution in [0.5, 0.6) is 0 Å². The van der Waals surface area contributed by atoms with Gasteiger partial charge in [0, 0.05) is 19.1 Å². The van der Waals surface area contributed by atoms with Gasteiger partial charge in [-0.05, 0) is 18.6 Å². The molecule has 0 amide bonds. The van der Waals surface area contributed by atoms with Crippen molar-refractivity contribution in [1.82, 2.24) is 4.98 Å². The number of hydrogen-bond acceptors (Lipinski definition) is 5. The number of carbonyl (C=O) groups is 1. The number of anilines is 1. The molecule has 0 bridgehead atoms. The first kappa shape index (κ1) is 15.2. The lowest BCUT2D eigenvalue weighted by Crippen LogP contribution is -2.27. The minimum absolute atomic E-state index is 0.0169. The Morgan fingerprint density at radius 2 is 2.19 bits per heavy atom. The van der Waals surface area contributed by atoms with Crippen LogP contribution < -0.4 is 5.32 Å². The molecule has 1 aromatic carbocycles. The number of aromatic carboxylic acids is 1. The average molecular weight is 290 g/mol. The molecule has 0 aliphatic heterocycles. The molecule has 0 saturated carbocycles. The summed E-state index contributed by atoms with van der Waals surface area (Å²) in [5.41, 5.74) is 0.818. The van der Waals surface area contributed by atoms with Crippen LogP contribution in [0.25, 0.3) is 10.9 Å². The Morgan fingerprint density at radius 1 is 1.43 bits per heavy atom. The van der Waals surface area contributed by atoms with Gasteiger partial charge in [-0.25, -0.2) is 9.78 Å². The predicted molar refractivity (Wildman–Crippen MR) is 79.7 cm³/mol. The van der Waals surface area contributed by atoms with Crippen LogP contribution in [-0.2, 0) is 4.74 Å². The number of carboxylic acids is 1. The molecular formula is C15H18N2O4. The Hall–Kier alpha value is -2.18. The Balaban J connectivity index is 2.40. The minimum Gasteiger partial charge on any atom is -0.478 e. The highest BCUT2D eigenvalue weighted by Crippen LogP contribution is 2.21. The first-order chi connectivity index (χ1) is 10.2. The third-order valence-electron chi connectivity index (χ3n) is 3.14. The van der Waals surface area contributed by atoms with Crippen LogP contribution >= 0.6 is 0 Å². The molecule has 3 N–H and O–H groups in total. The molecule has 0 aliphatic rings. The van der Waals surface area contributed by atoms with E-state index in [2.05, 4.69) is 10.3 Å². The van der Waals surface area contributed by atoms with Gasteiger partial charge in [0.2, 0.25) is 0 Å². The fraction of sp³-hybridized carbons (Fsp3) is 0.333. The van der Waals surface area contributed by atoms with Gasteiger partial charge in [-0.2, -0.15) is 0 Å². The molecule has 0 aliphatic carbocycles. The number of ether oxygens (including phenoxy) is 1. The number of nitrogens with zero attached hydrogens (tertiary/aromatic N) is 1. The molecule has 0 spiro atoms. The number of fused-ring (bicyclic) bond motifs is 1. The number of aliphatic hydroxyl groups excluding tert-OH is 1. The van der Waals surface area contributed by atoms with Gasteiger partial charge in [0.25, 0.3) is 0 Å². The topological polar surface area (TPSA) is 91.7 Å². The number of pyridine rings is 1.